The lowest BCUT2D eigenvalue weighted by Crippen LogP contribution is -2.26. The highest BCUT2D eigenvalue weighted by molar-refractivity contribution is 5.94. The number of carbonyl (C=O) groups is 1. The molecule has 1 amide bonds. The molecule has 1 aromatic carbocycles. The Morgan fingerprint density at radius 3 is 2.35 bits per heavy atom. The van der Waals surface area contributed by atoms with Gasteiger partial charge in [0, 0.05) is 13.1 Å². The maximum atomic E-state index is 12.8. The summed E-state index contributed by atoms with van der Waals surface area (Å²) in [5.74, 6) is -3.09. The van der Waals surface area contributed by atoms with Gasteiger partial charge in [0.15, 0.2) is 5.76 Å². The first-order valence-corrected chi connectivity index (χ1v) is 4.63. The molecule has 0 aliphatic rings. The lowest BCUT2D eigenvalue weighted by atomic mass is 10.2. The average molecular weight is 243 g/mol. The van der Waals surface area contributed by atoms with Gasteiger partial charge < -0.3 is 5.11 Å². The Hall–Kier alpha value is -1.95. The number of likely N-dealkylation sites (N-methyl/N-ethyl adjacent to an activating group) is 1. The van der Waals surface area contributed by atoms with E-state index in [4.69, 9.17) is 0 Å². The fraction of sp³-hybridized carbons (Fsp3) is 0.182. The Bertz CT molecular complexity index is 440. The van der Waals surface area contributed by atoms with Crippen LogP contribution >= 0.6 is 0 Å². The van der Waals surface area contributed by atoms with E-state index in [1.165, 1.54) is 14.2 Å². The van der Waals surface area contributed by atoms with Gasteiger partial charge in [-0.3, -0.25) is 9.63 Å². The molecule has 4 nitrogen and oxygen atoms in total. The summed E-state index contributed by atoms with van der Waals surface area (Å²) in [5.41, 5.74) is 0.0397. The molecule has 92 valence electrons. The van der Waals surface area contributed by atoms with E-state index < -0.39 is 23.3 Å². The van der Waals surface area contributed by atoms with Gasteiger partial charge in [-0.05, 0) is 23.8 Å². The van der Waals surface area contributed by atoms with Crippen molar-refractivity contribution in [3.05, 3.63) is 41.2 Å². The number of halogens is 2. The highest BCUT2D eigenvalue weighted by Crippen LogP contribution is 2.12. The Morgan fingerprint density at radius 1 is 1.35 bits per heavy atom. The second-order valence-electron chi connectivity index (χ2n) is 3.22. The molecule has 0 aliphatic heterocycles. The van der Waals surface area contributed by atoms with Crippen LogP contribution in [0.15, 0.2) is 24.0 Å². The average Bonchev–Trinajstić information content (AvgIpc) is 2.25. The largest absolute Gasteiger partial charge is 0.503 e. The lowest BCUT2D eigenvalue weighted by Gasteiger charge is -2.12. The van der Waals surface area contributed by atoms with Gasteiger partial charge in [0.1, 0.15) is 11.6 Å². The van der Waals surface area contributed by atoms with E-state index in [-0.39, 0.29) is 5.56 Å². The molecule has 6 heteroatoms. The molecule has 0 atom stereocenters. The molecule has 0 saturated heterocycles. The van der Waals surface area contributed by atoms with Gasteiger partial charge in [-0.2, -0.15) is 0 Å². The van der Waals surface area contributed by atoms with Crippen molar-refractivity contribution in [1.29, 1.82) is 0 Å². The molecule has 0 radical (unpaired) electrons. The first-order chi connectivity index (χ1) is 7.93. The fourth-order valence-corrected chi connectivity index (χ4v) is 1.12. The van der Waals surface area contributed by atoms with E-state index >= 15 is 0 Å². The lowest BCUT2D eigenvalue weighted by molar-refractivity contribution is -0.166. The highest BCUT2D eigenvalue weighted by atomic mass is 19.1. The van der Waals surface area contributed by atoms with Crippen molar-refractivity contribution in [2.75, 3.05) is 14.2 Å². The number of carbonyl (C=O) groups excluding carboxylic acids is 1. The summed E-state index contributed by atoms with van der Waals surface area (Å²) in [6.07, 6.45) is 0.948. The molecule has 0 saturated carbocycles. The molecule has 0 aliphatic carbocycles. The van der Waals surface area contributed by atoms with Gasteiger partial charge in [-0.25, -0.2) is 13.8 Å². The molecule has 1 aromatic rings. The minimum Gasteiger partial charge on any atom is -0.503 e. The second-order valence-corrected chi connectivity index (χ2v) is 3.22. The van der Waals surface area contributed by atoms with Crippen LogP contribution in [0.4, 0.5) is 8.78 Å². The number of rotatable bonds is 3. The standard InChI is InChI=1S/C11H11F2NO3/c1-14(17-2)11(16)10(15)5-7-3-8(12)6-9(13)4-7/h3-6,15H,1-2H3/b10-5-. The molecule has 0 spiro atoms. The fourth-order valence-electron chi connectivity index (χ4n) is 1.12. The molecule has 0 aromatic heterocycles. The summed E-state index contributed by atoms with van der Waals surface area (Å²) in [4.78, 5) is 15.9. The first-order valence-electron chi connectivity index (χ1n) is 4.63. The van der Waals surface area contributed by atoms with Crippen LogP contribution in [0, 0.1) is 11.6 Å². The highest BCUT2D eigenvalue weighted by Gasteiger charge is 2.13. The van der Waals surface area contributed by atoms with Crippen LogP contribution < -0.4 is 0 Å². The topological polar surface area (TPSA) is 49.8 Å². The van der Waals surface area contributed by atoms with Crippen molar-refractivity contribution in [1.82, 2.24) is 5.06 Å². The monoisotopic (exact) mass is 243 g/mol. The van der Waals surface area contributed by atoms with Gasteiger partial charge >= 0.3 is 5.91 Å². The van der Waals surface area contributed by atoms with Crippen molar-refractivity contribution >= 4 is 12.0 Å². The Balaban J connectivity index is 2.98. The number of hydrogen-bond donors (Lipinski definition) is 1. The van der Waals surface area contributed by atoms with Gasteiger partial charge in [0.25, 0.3) is 0 Å². The number of nitrogens with zero attached hydrogens (tertiary/aromatic N) is 1. The van der Waals surface area contributed by atoms with Crippen LogP contribution in [0.25, 0.3) is 6.08 Å². The smallest absolute Gasteiger partial charge is 0.311 e. The summed E-state index contributed by atoms with van der Waals surface area (Å²) in [6.45, 7) is 0. The Morgan fingerprint density at radius 2 is 1.88 bits per heavy atom. The second kappa shape index (κ2) is 5.40. The molecular weight excluding hydrogens is 232 g/mol. The number of aliphatic hydroxyl groups is 1. The Labute approximate surface area is 96.7 Å². The van der Waals surface area contributed by atoms with Gasteiger partial charge in [-0.15, -0.1) is 0 Å². The molecule has 0 heterocycles. The van der Waals surface area contributed by atoms with Gasteiger partial charge in [0.2, 0.25) is 0 Å². The molecule has 0 fully saturated rings. The predicted molar refractivity (Wildman–Crippen MR) is 56.7 cm³/mol. The summed E-state index contributed by atoms with van der Waals surface area (Å²) in [5, 5.41) is 10.2. The zero-order chi connectivity index (χ0) is 13.0. The third-order valence-electron chi connectivity index (χ3n) is 1.97. The minimum absolute atomic E-state index is 0.0397. The van der Waals surface area contributed by atoms with Crippen molar-refractivity contribution in [2.24, 2.45) is 0 Å². The molecule has 1 N–H and O–H groups in total. The first kappa shape index (κ1) is 13.1. The summed E-state index contributed by atoms with van der Waals surface area (Å²) in [7, 11) is 2.53. The van der Waals surface area contributed by atoms with E-state index in [0.29, 0.717) is 6.07 Å². The molecule has 0 unspecified atom stereocenters. The summed E-state index contributed by atoms with van der Waals surface area (Å²) in [6, 6.07) is 2.66. The number of aliphatic hydroxyl groups excluding tert-OH is 1. The molecule has 17 heavy (non-hydrogen) atoms. The summed E-state index contributed by atoms with van der Waals surface area (Å²) >= 11 is 0. The number of hydrogen-bond acceptors (Lipinski definition) is 3. The minimum atomic E-state index is -0.822. The zero-order valence-electron chi connectivity index (χ0n) is 9.28. The SMILES string of the molecule is CON(C)C(=O)/C(O)=C/c1cc(F)cc(F)c1. The van der Waals surface area contributed by atoms with Gasteiger partial charge in [0.05, 0.1) is 7.11 Å². The maximum Gasteiger partial charge on any atom is 0.311 e. The van der Waals surface area contributed by atoms with Crippen molar-refractivity contribution in [3.63, 3.8) is 0 Å². The van der Waals surface area contributed by atoms with Crippen LogP contribution in [0.5, 0.6) is 0 Å². The number of hydroxylamine groups is 2. The third-order valence-corrected chi connectivity index (χ3v) is 1.97. The van der Waals surface area contributed by atoms with Crippen molar-refractivity contribution in [2.45, 2.75) is 0 Å². The van der Waals surface area contributed by atoms with Crippen LogP contribution in [-0.2, 0) is 9.63 Å². The third kappa shape index (κ3) is 3.53. The van der Waals surface area contributed by atoms with Crippen LogP contribution in [0.1, 0.15) is 5.56 Å². The summed E-state index contributed by atoms with van der Waals surface area (Å²) < 4.78 is 25.7. The van der Waals surface area contributed by atoms with E-state index in [1.807, 2.05) is 0 Å². The molecular formula is C11H11F2NO3. The van der Waals surface area contributed by atoms with Crippen molar-refractivity contribution in [3.8, 4) is 0 Å². The van der Waals surface area contributed by atoms with E-state index in [2.05, 4.69) is 4.84 Å². The number of benzene rings is 1. The van der Waals surface area contributed by atoms with E-state index in [9.17, 15) is 18.7 Å². The van der Waals surface area contributed by atoms with Gasteiger partial charge in [-0.1, -0.05) is 0 Å². The van der Waals surface area contributed by atoms with Crippen LogP contribution in [-0.4, -0.2) is 30.2 Å². The van der Waals surface area contributed by atoms with E-state index in [0.717, 1.165) is 23.3 Å². The maximum absolute atomic E-state index is 12.8. The van der Waals surface area contributed by atoms with E-state index in [1.54, 1.807) is 0 Å². The van der Waals surface area contributed by atoms with Crippen molar-refractivity contribution < 1.29 is 23.5 Å². The quantitative estimate of drug-likeness (QED) is 0.501. The molecule has 0 bridgehead atoms. The van der Waals surface area contributed by atoms with Crippen LogP contribution in [0.3, 0.4) is 0 Å². The Kier molecular flexibility index (Phi) is 4.17. The number of amides is 1. The zero-order valence-corrected chi connectivity index (χ0v) is 9.28. The molecule has 1 rings (SSSR count). The normalized spacial score (nSPS) is 11.4. The van der Waals surface area contributed by atoms with Crippen LogP contribution in [0.2, 0.25) is 0 Å². The predicted octanol–water partition coefficient (Wildman–Crippen LogP) is 1.88.